The molecule has 0 aliphatic rings. The fourth-order valence-electron chi connectivity index (χ4n) is 2.68. The normalized spacial score (nSPS) is 10.5. The van der Waals surface area contributed by atoms with Crippen LogP contribution >= 0.6 is 0 Å². The summed E-state index contributed by atoms with van der Waals surface area (Å²) in [5.74, 6) is 0.407. The molecule has 0 atom stereocenters. The van der Waals surface area contributed by atoms with E-state index in [1.165, 1.54) is 7.11 Å². The predicted molar refractivity (Wildman–Crippen MR) is 96.2 cm³/mol. The summed E-state index contributed by atoms with van der Waals surface area (Å²) < 4.78 is 11.0. The number of oxazole rings is 1. The van der Waals surface area contributed by atoms with Crippen LogP contribution in [-0.4, -0.2) is 18.0 Å². The van der Waals surface area contributed by atoms with Crippen LogP contribution in [-0.2, 0) is 0 Å². The maximum Gasteiger partial charge on any atom is 0.299 e. The quantitative estimate of drug-likeness (QED) is 0.739. The number of nitrogens with zero attached hydrogens (tertiary/aromatic N) is 1. The average molecular weight is 337 g/mol. The minimum Gasteiger partial charge on any atom is -0.496 e. The van der Waals surface area contributed by atoms with E-state index in [1.807, 2.05) is 26.0 Å². The Labute approximate surface area is 145 Å². The third kappa shape index (κ3) is 3.63. The molecule has 3 rings (SSSR count). The van der Waals surface area contributed by atoms with Gasteiger partial charge in [-0.1, -0.05) is 12.1 Å². The molecule has 25 heavy (non-hydrogen) atoms. The zero-order chi connectivity index (χ0) is 18.0. The Balaban J connectivity index is 1.87. The van der Waals surface area contributed by atoms with Crippen LogP contribution in [0.3, 0.4) is 0 Å². The van der Waals surface area contributed by atoms with Crippen molar-refractivity contribution >= 4 is 17.6 Å². The van der Waals surface area contributed by atoms with Gasteiger partial charge in [-0.15, -0.1) is 0 Å². The van der Waals surface area contributed by atoms with Crippen molar-refractivity contribution in [3.63, 3.8) is 0 Å². The van der Waals surface area contributed by atoms with Crippen LogP contribution in [0.4, 0.5) is 11.7 Å². The average Bonchev–Trinajstić information content (AvgIpc) is 3.01. The highest BCUT2D eigenvalue weighted by molar-refractivity contribution is 5.96. The molecule has 6 nitrogen and oxygen atoms in total. The number of hydrogen-bond donors (Lipinski definition) is 2. The number of methoxy groups -OCH3 is 1. The van der Waals surface area contributed by atoms with Crippen LogP contribution in [0.2, 0.25) is 0 Å². The number of carbonyl (C=O) groups excluding carboxylic acids is 1. The van der Waals surface area contributed by atoms with Crippen LogP contribution < -0.4 is 15.8 Å². The van der Waals surface area contributed by atoms with Gasteiger partial charge in [-0.2, -0.15) is 0 Å². The van der Waals surface area contributed by atoms with Gasteiger partial charge in [-0.25, -0.2) is 4.98 Å². The smallest absolute Gasteiger partial charge is 0.299 e. The minimum atomic E-state index is -0.543. The van der Waals surface area contributed by atoms with Crippen molar-refractivity contribution in [2.75, 3.05) is 12.4 Å². The van der Waals surface area contributed by atoms with E-state index in [1.54, 1.807) is 24.4 Å². The van der Waals surface area contributed by atoms with Crippen molar-refractivity contribution in [3.05, 3.63) is 59.3 Å². The molecule has 0 aliphatic carbocycles. The van der Waals surface area contributed by atoms with E-state index >= 15 is 0 Å². The maximum atomic E-state index is 11.4. The minimum absolute atomic E-state index is 0.319. The van der Waals surface area contributed by atoms with Crippen LogP contribution in [0.15, 0.2) is 47.0 Å². The number of primary amides is 1. The maximum absolute atomic E-state index is 11.4. The van der Waals surface area contributed by atoms with Gasteiger partial charge in [-0.05, 0) is 49.2 Å². The van der Waals surface area contributed by atoms with Crippen molar-refractivity contribution in [3.8, 4) is 17.1 Å². The number of benzene rings is 2. The number of ether oxygens (including phenoxy) is 1. The van der Waals surface area contributed by atoms with Crippen LogP contribution in [0, 0.1) is 13.8 Å². The first-order chi connectivity index (χ1) is 12.0. The lowest BCUT2D eigenvalue weighted by Crippen LogP contribution is -2.12. The van der Waals surface area contributed by atoms with Gasteiger partial charge in [-0.3, -0.25) is 4.79 Å². The monoisotopic (exact) mass is 337 g/mol. The number of rotatable bonds is 5. The number of anilines is 2. The Bertz CT molecular complexity index is 911. The Hall–Kier alpha value is -3.28. The molecule has 1 amide bonds. The summed E-state index contributed by atoms with van der Waals surface area (Å²) in [5.41, 5.74) is 9.60. The van der Waals surface area contributed by atoms with E-state index in [0.29, 0.717) is 23.1 Å². The summed E-state index contributed by atoms with van der Waals surface area (Å²) in [4.78, 5) is 15.6. The van der Waals surface area contributed by atoms with Crippen LogP contribution in [0.5, 0.6) is 5.75 Å². The lowest BCUT2D eigenvalue weighted by molar-refractivity contribution is 0.0997. The fourth-order valence-corrected chi connectivity index (χ4v) is 2.68. The highest BCUT2D eigenvalue weighted by Gasteiger charge is 2.13. The fraction of sp³-hybridized carbons (Fsp3) is 0.158. The van der Waals surface area contributed by atoms with E-state index in [2.05, 4.69) is 16.4 Å². The van der Waals surface area contributed by atoms with E-state index < -0.39 is 5.91 Å². The molecule has 2 aromatic carbocycles. The first-order valence-corrected chi connectivity index (χ1v) is 7.75. The first kappa shape index (κ1) is 16.6. The second-order valence-corrected chi connectivity index (χ2v) is 5.81. The van der Waals surface area contributed by atoms with Gasteiger partial charge < -0.3 is 20.2 Å². The van der Waals surface area contributed by atoms with E-state index in [4.69, 9.17) is 14.9 Å². The van der Waals surface area contributed by atoms with Gasteiger partial charge in [0.1, 0.15) is 5.75 Å². The van der Waals surface area contributed by atoms with Gasteiger partial charge in [0.2, 0.25) is 0 Å². The predicted octanol–water partition coefficient (Wildman–Crippen LogP) is 3.81. The molecule has 0 fully saturated rings. The number of amides is 1. The Kier molecular flexibility index (Phi) is 4.43. The molecule has 3 aromatic rings. The number of carbonyl (C=O) groups is 1. The van der Waals surface area contributed by atoms with Crippen molar-refractivity contribution in [1.29, 1.82) is 0 Å². The Morgan fingerprint density at radius 2 is 1.88 bits per heavy atom. The Morgan fingerprint density at radius 1 is 1.16 bits per heavy atom. The topological polar surface area (TPSA) is 90.4 Å². The van der Waals surface area contributed by atoms with E-state index in [-0.39, 0.29) is 0 Å². The molecule has 3 N–H and O–H groups in total. The number of nitrogens with one attached hydrogen (secondary N) is 1. The van der Waals surface area contributed by atoms with Gasteiger partial charge in [0.15, 0.2) is 5.76 Å². The summed E-state index contributed by atoms with van der Waals surface area (Å²) in [7, 11) is 1.49. The molecule has 0 saturated heterocycles. The summed E-state index contributed by atoms with van der Waals surface area (Å²) >= 11 is 0. The second kappa shape index (κ2) is 6.68. The van der Waals surface area contributed by atoms with E-state index in [9.17, 15) is 4.79 Å². The van der Waals surface area contributed by atoms with Crippen molar-refractivity contribution in [1.82, 2.24) is 4.98 Å². The molecule has 6 heteroatoms. The van der Waals surface area contributed by atoms with E-state index in [0.717, 1.165) is 22.4 Å². The Morgan fingerprint density at radius 3 is 2.52 bits per heavy atom. The molecule has 0 radical (unpaired) electrons. The highest BCUT2D eigenvalue weighted by Crippen LogP contribution is 2.29. The van der Waals surface area contributed by atoms with Crippen LogP contribution in [0.25, 0.3) is 11.3 Å². The zero-order valence-electron chi connectivity index (χ0n) is 14.3. The summed E-state index contributed by atoms with van der Waals surface area (Å²) in [6, 6.07) is 11.6. The molecule has 128 valence electrons. The molecule has 0 bridgehead atoms. The van der Waals surface area contributed by atoms with Gasteiger partial charge >= 0.3 is 0 Å². The molecular formula is C19H19N3O3. The van der Waals surface area contributed by atoms with Crippen molar-refractivity contribution < 1.29 is 13.9 Å². The lowest BCUT2D eigenvalue weighted by Gasteiger charge is -2.07. The van der Waals surface area contributed by atoms with Gasteiger partial charge in [0.05, 0.1) is 18.9 Å². The molecule has 0 saturated carbocycles. The largest absolute Gasteiger partial charge is 0.496 e. The standard InChI is InChI=1S/C19H19N3O3/c1-11-6-12(2)8-14(7-11)22-19-21-10-17(25-19)13-4-5-15(18(20)23)16(9-13)24-3/h4-10H,1-3H3,(H2,20,23)(H,21,22). The number of aromatic nitrogens is 1. The van der Waals surface area contributed by atoms with Crippen molar-refractivity contribution in [2.45, 2.75) is 13.8 Å². The van der Waals surface area contributed by atoms with Crippen molar-refractivity contribution in [2.24, 2.45) is 5.73 Å². The molecule has 0 spiro atoms. The van der Waals surface area contributed by atoms with Gasteiger partial charge in [0.25, 0.3) is 11.9 Å². The summed E-state index contributed by atoms with van der Waals surface area (Å²) in [5, 5.41) is 3.15. The van der Waals surface area contributed by atoms with Crippen LogP contribution in [0.1, 0.15) is 21.5 Å². The van der Waals surface area contributed by atoms with Gasteiger partial charge in [0, 0.05) is 11.3 Å². The molecular weight excluding hydrogens is 318 g/mol. The highest BCUT2D eigenvalue weighted by atomic mass is 16.5. The molecule has 0 aliphatic heterocycles. The number of hydrogen-bond acceptors (Lipinski definition) is 5. The number of nitrogens with two attached hydrogens (primary N) is 1. The number of aryl methyl sites for hydroxylation is 2. The summed E-state index contributed by atoms with van der Waals surface area (Å²) in [6.07, 6.45) is 1.61. The zero-order valence-corrected chi connectivity index (χ0v) is 14.3. The third-order valence-corrected chi connectivity index (χ3v) is 3.73. The SMILES string of the molecule is COc1cc(-c2cnc(Nc3cc(C)cc(C)c3)o2)ccc1C(N)=O. The summed E-state index contributed by atoms with van der Waals surface area (Å²) in [6.45, 7) is 4.07. The molecule has 1 heterocycles. The molecule has 0 unspecified atom stereocenters. The first-order valence-electron chi connectivity index (χ1n) is 7.75. The third-order valence-electron chi connectivity index (χ3n) is 3.73. The molecule has 1 aromatic heterocycles. The lowest BCUT2D eigenvalue weighted by atomic mass is 10.1. The second-order valence-electron chi connectivity index (χ2n) is 5.81.